The Hall–Kier alpha value is -3.08. The Kier molecular flexibility index (Phi) is 4.07. The number of ketones is 1. The van der Waals surface area contributed by atoms with Crippen LogP contribution in [-0.4, -0.2) is 16.2 Å². The highest BCUT2D eigenvalue weighted by atomic mass is 19.4. The van der Waals surface area contributed by atoms with Crippen LogP contribution in [0.25, 0.3) is 11.3 Å². The first-order valence-electron chi connectivity index (χ1n) is 8.91. The summed E-state index contributed by atoms with van der Waals surface area (Å²) < 4.78 is 39.8. The van der Waals surface area contributed by atoms with Gasteiger partial charge < -0.3 is 4.90 Å². The maximum Gasteiger partial charge on any atom is 0.416 e. The molecule has 2 aliphatic heterocycles. The molecule has 0 saturated heterocycles. The number of alkyl halides is 3. The van der Waals surface area contributed by atoms with Crippen LogP contribution in [-0.2, 0) is 11.0 Å². The molecule has 28 heavy (non-hydrogen) atoms. The Balaban J connectivity index is 1.98. The van der Waals surface area contributed by atoms with Crippen LogP contribution in [0.3, 0.4) is 0 Å². The predicted octanol–water partition coefficient (Wildman–Crippen LogP) is 5.61. The molecule has 142 valence electrons. The summed E-state index contributed by atoms with van der Waals surface area (Å²) in [6.45, 7) is 3.74. The maximum absolute atomic E-state index is 13.4. The molecule has 5 heteroatoms. The normalized spacial score (nSPS) is 21.5. The van der Waals surface area contributed by atoms with Crippen molar-refractivity contribution in [3.8, 4) is 0 Å². The zero-order chi connectivity index (χ0) is 20.1. The van der Waals surface area contributed by atoms with E-state index in [1.54, 1.807) is 31.3 Å². The van der Waals surface area contributed by atoms with Gasteiger partial charge in [0.05, 0.1) is 16.8 Å². The van der Waals surface area contributed by atoms with Crippen molar-refractivity contribution in [1.29, 1.82) is 0 Å². The first kappa shape index (κ1) is 18.3. The highest BCUT2D eigenvalue weighted by molar-refractivity contribution is 6.35. The Morgan fingerprint density at radius 3 is 2.36 bits per heavy atom. The van der Waals surface area contributed by atoms with Gasteiger partial charge in [-0.15, -0.1) is 0 Å². The first-order valence-corrected chi connectivity index (χ1v) is 8.91. The topological polar surface area (TPSA) is 20.3 Å². The molecule has 2 aliphatic rings. The van der Waals surface area contributed by atoms with Crippen molar-refractivity contribution in [3.05, 3.63) is 95.2 Å². The third-order valence-electron chi connectivity index (χ3n) is 5.24. The van der Waals surface area contributed by atoms with E-state index in [2.05, 4.69) is 0 Å². The summed E-state index contributed by atoms with van der Waals surface area (Å²) in [5.74, 6) is -0.219. The minimum Gasteiger partial charge on any atom is -0.330 e. The van der Waals surface area contributed by atoms with Crippen LogP contribution in [0, 0.1) is 6.92 Å². The van der Waals surface area contributed by atoms with Crippen molar-refractivity contribution < 1.29 is 18.0 Å². The molecule has 0 N–H and O–H groups in total. The number of hydrogen-bond acceptors (Lipinski definition) is 2. The molecule has 0 spiro atoms. The molecule has 1 unspecified atom stereocenters. The molecule has 0 fully saturated rings. The molecule has 0 aromatic heterocycles. The first-order chi connectivity index (χ1) is 13.2. The van der Waals surface area contributed by atoms with Crippen molar-refractivity contribution in [2.45, 2.75) is 25.6 Å². The lowest BCUT2D eigenvalue weighted by Crippen LogP contribution is -2.43. The number of carbonyl (C=O) groups excluding carboxylic acids is 1. The quantitative estimate of drug-likeness (QED) is 0.674. The highest BCUT2D eigenvalue weighted by Crippen LogP contribution is 2.46. The lowest BCUT2D eigenvalue weighted by molar-refractivity contribution is -0.137. The lowest BCUT2D eigenvalue weighted by atomic mass is 9.89. The highest BCUT2D eigenvalue weighted by Gasteiger charge is 2.48. The SMILES string of the molecule is Cc1ccc(C2=C(c3cccc(C(F)(F)F)c3)C(=O)C3(C)C=CC=CN23)cc1. The summed E-state index contributed by atoms with van der Waals surface area (Å²) >= 11 is 0. The van der Waals surface area contributed by atoms with Crippen LogP contribution >= 0.6 is 0 Å². The second kappa shape index (κ2) is 6.23. The van der Waals surface area contributed by atoms with Crippen LogP contribution in [0.4, 0.5) is 13.2 Å². The minimum absolute atomic E-state index is 0.219. The summed E-state index contributed by atoms with van der Waals surface area (Å²) in [6, 6.07) is 12.6. The molecule has 0 amide bonds. The van der Waals surface area contributed by atoms with Crippen molar-refractivity contribution in [1.82, 2.24) is 4.90 Å². The number of hydrogen-bond donors (Lipinski definition) is 0. The number of allylic oxidation sites excluding steroid dienone is 2. The summed E-state index contributed by atoms with van der Waals surface area (Å²) in [5.41, 5.74) is 1.31. The van der Waals surface area contributed by atoms with Gasteiger partial charge in [-0.1, -0.05) is 54.1 Å². The average Bonchev–Trinajstić information content (AvgIpc) is 2.90. The number of carbonyl (C=O) groups is 1. The van der Waals surface area contributed by atoms with E-state index in [0.717, 1.165) is 23.3 Å². The Bertz CT molecular complexity index is 1040. The van der Waals surface area contributed by atoms with Gasteiger partial charge in [-0.25, -0.2) is 0 Å². The summed E-state index contributed by atoms with van der Waals surface area (Å²) in [4.78, 5) is 15.3. The van der Waals surface area contributed by atoms with E-state index < -0.39 is 17.3 Å². The van der Waals surface area contributed by atoms with Crippen LogP contribution < -0.4 is 0 Å². The van der Waals surface area contributed by atoms with Crippen LogP contribution in [0.15, 0.2) is 73.0 Å². The van der Waals surface area contributed by atoms with E-state index in [4.69, 9.17) is 0 Å². The Labute approximate surface area is 161 Å². The molecule has 0 aliphatic carbocycles. The number of benzene rings is 2. The fourth-order valence-corrected chi connectivity index (χ4v) is 3.70. The molecule has 0 saturated carbocycles. The van der Waals surface area contributed by atoms with E-state index >= 15 is 0 Å². The zero-order valence-electron chi connectivity index (χ0n) is 15.4. The smallest absolute Gasteiger partial charge is 0.330 e. The van der Waals surface area contributed by atoms with Crippen molar-refractivity contribution in [3.63, 3.8) is 0 Å². The monoisotopic (exact) mass is 381 g/mol. The third-order valence-corrected chi connectivity index (χ3v) is 5.24. The number of Topliss-reactive ketones (excluding diaryl/α,β-unsaturated/α-hetero) is 1. The van der Waals surface area contributed by atoms with Crippen molar-refractivity contribution in [2.75, 3.05) is 0 Å². The maximum atomic E-state index is 13.4. The third kappa shape index (κ3) is 2.78. The van der Waals surface area contributed by atoms with Gasteiger partial charge in [0, 0.05) is 6.20 Å². The summed E-state index contributed by atoms with van der Waals surface area (Å²) in [5, 5.41) is 0. The van der Waals surface area contributed by atoms with Gasteiger partial charge in [0.1, 0.15) is 5.54 Å². The molecule has 0 bridgehead atoms. The lowest BCUT2D eigenvalue weighted by Gasteiger charge is -2.34. The second-order valence-electron chi connectivity index (χ2n) is 7.22. The molecular formula is C23H18F3NO. The fourth-order valence-electron chi connectivity index (χ4n) is 3.70. The van der Waals surface area contributed by atoms with Gasteiger partial charge in [0.2, 0.25) is 0 Å². The Morgan fingerprint density at radius 2 is 1.68 bits per heavy atom. The second-order valence-corrected chi connectivity index (χ2v) is 7.22. The van der Waals surface area contributed by atoms with Crippen LogP contribution in [0.5, 0.6) is 0 Å². The molecular weight excluding hydrogens is 363 g/mol. The average molecular weight is 381 g/mol. The summed E-state index contributed by atoms with van der Waals surface area (Å²) in [6.07, 6.45) is 2.71. The number of rotatable bonds is 2. The van der Waals surface area contributed by atoms with E-state index in [9.17, 15) is 18.0 Å². The van der Waals surface area contributed by atoms with E-state index in [-0.39, 0.29) is 11.3 Å². The molecule has 2 nitrogen and oxygen atoms in total. The molecule has 1 atom stereocenters. The number of aryl methyl sites for hydroxylation is 1. The minimum atomic E-state index is -4.47. The molecule has 2 heterocycles. The van der Waals surface area contributed by atoms with Gasteiger partial charge in [0.25, 0.3) is 0 Å². The molecule has 2 aromatic carbocycles. The van der Waals surface area contributed by atoms with Crippen molar-refractivity contribution in [2.24, 2.45) is 0 Å². The predicted molar refractivity (Wildman–Crippen MR) is 103 cm³/mol. The largest absolute Gasteiger partial charge is 0.416 e. The van der Waals surface area contributed by atoms with Crippen molar-refractivity contribution >= 4 is 17.1 Å². The molecule has 2 aromatic rings. The Morgan fingerprint density at radius 1 is 0.964 bits per heavy atom. The summed E-state index contributed by atoms with van der Waals surface area (Å²) in [7, 11) is 0. The zero-order valence-corrected chi connectivity index (χ0v) is 15.4. The van der Waals surface area contributed by atoms with Crippen LogP contribution in [0.2, 0.25) is 0 Å². The fraction of sp³-hybridized carbons (Fsp3) is 0.174. The standard InChI is InChI=1S/C23H18F3NO/c1-15-8-10-16(11-9-15)20-19(17-6-5-7-18(14-17)23(24,25)26)21(28)22(2)12-3-4-13-27(20)22/h3-14H,1-2H3. The van der Waals surface area contributed by atoms with E-state index in [1.165, 1.54) is 6.07 Å². The van der Waals surface area contributed by atoms with Gasteiger partial charge in [-0.3, -0.25) is 4.79 Å². The number of nitrogens with zero attached hydrogens (tertiary/aromatic N) is 1. The number of fused-ring (bicyclic) bond motifs is 1. The number of halogens is 3. The van der Waals surface area contributed by atoms with Gasteiger partial charge >= 0.3 is 6.18 Å². The van der Waals surface area contributed by atoms with Gasteiger partial charge in [-0.2, -0.15) is 13.2 Å². The van der Waals surface area contributed by atoms with Gasteiger partial charge in [-0.05, 0) is 43.2 Å². The van der Waals surface area contributed by atoms with E-state index in [0.29, 0.717) is 11.3 Å². The van der Waals surface area contributed by atoms with E-state index in [1.807, 2.05) is 42.2 Å². The van der Waals surface area contributed by atoms with Gasteiger partial charge in [0.15, 0.2) is 5.78 Å². The van der Waals surface area contributed by atoms with Crippen LogP contribution in [0.1, 0.15) is 29.2 Å². The molecule has 4 rings (SSSR count). The molecule has 0 radical (unpaired) electrons.